The molecule has 0 spiro atoms. The first kappa shape index (κ1) is 13.8. The Balaban J connectivity index is 2.22. The van der Waals surface area contributed by atoms with Gasteiger partial charge in [-0.05, 0) is 55.6 Å². The van der Waals surface area contributed by atoms with Crippen molar-refractivity contribution in [3.8, 4) is 22.5 Å². The Bertz CT molecular complexity index is 785. The maximum absolute atomic E-state index is 13.4. The molecule has 2 aromatic heterocycles. The van der Waals surface area contributed by atoms with Crippen molar-refractivity contribution in [1.29, 1.82) is 0 Å². The minimum absolute atomic E-state index is 0.236. The number of benzene rings is 1. The maximum atomic E-state index is 13.4. The highest BCUT2D eigenvalue weighted by molar-refractivity contribution is 9.12. The second-order valence-electron chi connectivity index (χ2n) is 4.02. The predicted octanol–water partition coefficient (Wildman–Crippen LogP) is 5.32. The van der Waals surface area contributed by atoms with Crippen molar-refractivity contribution in [2.24, 2.45) is 0 Å². The fraction of sp³-hybridized carbons (Fsp3) is 0. The number of hydrogen-bond donors (Lipinski definition) is 1. The summed E-state index contributed by atoms with van der Waals surface area (Å²) in [5.41, 5.74) is 7.92. The standard InChI is InChI=1S/C13H7Br2FN2OS/c14-9-5-8(12(15)20-9)11-10(13(17)18-19-11)6-2-1-3-7(16)4-6/h1-5H,(H2,17,18). The first-order chi connectivity index (χ1) is 9.56. The Morgan fingerprint density at radius 1 is 1.25 bits per heavy atom. The van der Waals surface area contributed by atoms with Gasteiger partial charge >= 0.3 is 0 Å². The van der Waals surface area contributed by atoms with Gasteiger partial charge in [-0.2, -0.15) is 0 Å². The molecule has 0 radical (unpaired) electrons. The zero-order valence-electron chi connectivity index (χ0n) is 9.86. The molecule has 0 saturated heterocycles. The molecule has 0 fully saturated rings. The number of hydrogen-bond acceptors (Lipinski definition) is 4. The van der Waals surface area contributed by atoms with E-state index in [4.69, 9.17) is 10.3 Å². The fourth-order valence-electron chi connectivity index (χ4n) is 1.90. The Morgan fingerprint density at radius 3 is 2.70 bits per heavy atom. The van der Waals surface area contributed by atoms with E-state index in [9.17, 15) is 4.39 Å². The monoisotopic (exact) mass is 416 g/mol. The van der Waals surface area contributed by atoms with Crippen LogP contribution in [0.2, 0.25) is 0 Å². The van der Waals surface area contributed by atoms with Gasteiger partial charge in [-0.25, -0.2) is 4.39 Å². The van der Waals surface area contributed by atoms with Crippen LogP contribution in [0.3, 0.4) is 0 Å². The quantitative estimate of drug-likeness (QED) is 0.614. The highest BCUT2D eigenvalue weighted by Gasteiger charge is 2.21. The number of nitrogens with two attached hydrogens (primary N) is 1. The van der Waals surface area contributed by atoms with Gasteiger partial charge in [0, 0.05) is 5.56 Å². The van der Waals surface area contributed by atoms with Crippen LogP contribution in [0.5, 0.6) is 0 Å². The summed E-state index contributed by atoms with van der Waals surface area (Å²) in [5.74, 6) is 0.418. The molecule has 0 aliphatic heterocycles. The van der Waals surface area contributed by atoms with E-state index in [1.54, 1.807) is 12.1 Å². The van der Waals surface area contributed by atoms with E-state index in [1.165, 1.54) is 23.5 Å². The molecule has 0 bridgehead atoms. The van der Waals surface area contributed by atoms with Crippen LogP contribution >= 0.6 is 43.2 Å². The van der Waals surface area contributed by atoms with Crippen molar-refractivity contribution >= 4 is 49.0 Å². The molecule has 2 N–H and O–H groups in total. The number of aromatic nitrogens is 1. The molecule has 0 saturated carbocycles. The molecule has 20 heavy (non-hydrogen) atoms. The second kappa shape index (κ2) is 5.31. The van der Waals surface area contributed by atoms with Gasteiger partial charge in [-0.3, -0.25) is 0 Å². The lowest BCUT2D eigenvalue weighted by atomic mass is 10.0. The summed E-state index contributed by atoms with van der Waals surface area (Å²) in [5, 5.41) is 3.80. The number of nitrogen functional groups attached to an aromatic ring is 1. The molecule has 0 aliphatic carbocycles. The molecule has 0 amide bonds. The van der Waals surface area contributed by atoms with Crippen molar-refractivity contribution in [2.75, 3.05) is 5.73 Å². The van der Waals surface area contributed by atoms with Gasteiger partial charge in [-0.1, -0.05) is 17.3 Å². The van der Waals surface area contributed by atoms with Crippen LogP contribution < -0.4 is 5.73 Å². The lowest BCUT2D eigenvalue weighted by Crippen LogP contribution is -1.89. The molecule has 102 valence electrons. The van der Waals surface area contributed by atoms with E-state index in [1.807, 2.05) is 6.07 Å². The van der Waals surface area contributed by atoms with Crippen LogP contribution in [0, 0.1) is 5.82 Å². The molecule has 3 nitrogen and oxygen atoms in total. The summed E-state index contributed by atoms with van der Waals surface area (Å²) in [4.78, 5) is 0. The SMILES string of the molecule is Nc1noc(-c2cc(Br)sc2Br)c1-c1cccc(F)c1. The van der Waals surface area contributed by atoms with E-state index in [-0.39, 0.29) is 11.6 Å². The molecular formula is C13H7Br2FN2OS. The lowest BCUT2D eigenvalue weighted by Gasteiger charge is -2.02. The zero-order valence-corrected chi connectivity index (χ0v) is 13.9. The van der Waals surface area contributed by atoms with Gasteiger partial charge in [0.05, 0.1) is 13.1 Å². The fourth-order valence-corrected chi connectivity index (χ4v) is 4.70. The smallest absolute Gasteiger partial charge is 0.178 e. The minimum Gasteiger partial charge on any atom is -0.380 e. The summed E-state index contributed by atoms with van der Waals surface area (Å²) in [6.45, 7) is 0. The Morgan fingerprint density at radius 2 is 2.05 bits per heavy atom. The first-order valence-electron chi connectivity index (χ1n) is 5.52. The maximum Gasteiger partial charge on any atom is 0.178 e. The van der Waals surface area contributed by atoms with Crippen molar-refractivity contribution < 1.29 is 8.91 Å². The number of nitrogens with zero attached hydrogens (tertiary/aromatic N) is 1. The molecule has 1 aromatic carbocycles. The van der Waals surface area contributed by atoms with Gasteiger partial charge < -0.3 is 10.3 Å². The number of anilines is 1. The molecule has 0 aliphatic rings. The lowest BCUT2D eigenvalue weighted by molar-refractivity contribution is 0.436. The van der Waals surface area contributed by atoms with E-state index in [2.05, 4.69) is 37.0 Å². The van der Waals surface area contributed by atoms with Gasteiger partial charge in [0.25, 0.3) is 0 Å². The highest BCUT2D eigenvalue weighted by atomic mass is 79.9. The molecule has 3 aromatic rings. The zero-order chi connectivity index (χ0) is 14.3. The predicted molar refractivity (Wildman–Crippen MR) is 85.0 cm³/mol. The number of halogens is 3. The van der Waals surface area contributed by atoms with Crippen molar-refractivity contribution in [3.63, 3.8) is 0 Å². The average Bonchev–Trinajstić information content (AvgIpc) is 2.92. The van der Waals surface area contributed by atoms with Crippen LogP contribution in [0.4, 0.5) is 10.2 Å². The summed E-state index contributed by atoms with van der Waals surface area (Å²) in [6.07, 6.45) is 0. The largest absolute Gasteiger partial charge is 0.380 e. The molecular weight excluding hydrogens is 411 g/mol. The van der Waals surface area contributed by atoms with Crippen LogP contribution in [-0.2, 0) is 0 Å². The summed E-state index contributed by atoms with van der Waals surface area (Å²) in [6, 6.07) is 8.08. The summed E-state index contributed by atoms with van der Waals surface area (Å²) < 4.78 is 20.6. The van der Waals surface area contributed by atoms with Crippen LogP contribution in [-0.4, -0.2) is 5.16 Å². The van der Waals surface area contributed by atoms with E-state index >= 15 is 0 Å². The normalized spacial score (nSPS) is 10.9. The van der Waals surface area contributed by atoms with E-state index in [0.29, 0.717) is 16.9 Å². The average molecular weight is 418 g/mol. The third-order valence-corrected chi connectivity index (χ3v) is 5.07. The van der Waals surface area contributed by atoms with E-state index in [0.717, 1.165) is 13.1 Å². The highest BCUT2D eigenvalue weighted by Crippen LogP contribution is 2.44. The summed E-state index contributed by atoms with van der Waals surface area (Å²) >= 11 is 8.40. The molecule has 3 rings (SSSR count). The molecule has 0 atom stereocenters. The van der Waals surface area contributed by atoms with Crippen LogP contribution in [0.1, 0.15) is 0 Å². The van der Waals surface area contributed by atoms with Crippen LogP contribution in [0.15, 0.2) is 42.4 Å². The van der Waals surface area contributed by atoms with Crippen molar-refractivity contribution in [2.45, 2.75) is 0 Å². The topological polar surface area (TPSA) is 52.0 Å². The summed E-state index contributed by atoms with van der Waals surface area (Å²) in [7, 11) is 0. The molecule has 2 heterocycles. The Kier molecular flexibility index (Phi) is 3.66. The molecule has 0 unspecified atom stereocenters. The minimum atomic E-state index is -0.334. The Labute approximate surface area is 134 Å². The van der Waals surface area contributed by atoms with Crippen molar-refractivity contribution in [3.05, 3.63) is 43.7 Å². The molecule has 7 heteroatoms. The Hall–Kier alpha value is -1.18. The first-order valence-corrected chi connectivity index (χ1v) is 7.93. The number of thiophene rings is 1. The van der Waals surface area contributed by atoms with Gasteiger partial charge in [0.15, 0.2) is 11.6 Å². The van der Waals surface area contributed by atoms with Gasteiger partial charge in [0.2, 0.25) is 0 Å². The van der Waals surface area contributed by atoms with Gasteiger partial charge in [0.1, 0.15) is 5.82 Å². The van der Waals surface area contributed by atoms with Gasteiger partial charge in [-0.15, -0.1) is 11.3 Å². The van der Waals surface area contributed by atoms with Crippen molar-refractivity contribution in [1.82, 2.24) is 5.16 Å². The van der Waals surface area contributed by atoms with Crippen LogP contribution in [0.25, 0.3) is 22.5 Å². The third-order valence-electron chi connectivity index (χ3n) is 2.73. The third kappa shape index (κ3) is 2.41. The van der Waals surface area contributed by atoms with E-state index < -0.39 is 0 Å². The second-order valence-corrected chi connectivity index (χ2v) is 7.77. The number of rotatable bonds is 2.